The SMILES string of the molecule is CCCCC1NC(=O)C(NC(=O)OCC2c3ccccc3-c3ccccc32)CCCCNC1=O.CCCC[C@H](C)C(=O)CCCCCC(NC(=O)OCC1c2ccccc2-c2ccccc21)C(=O)O.CCCC[C@H](C)C(=O)ON1C(=O)CCC1=O.NC(Cl)=NCCCC1NC(=O)C(NC(=O)OCC2c3ccccc3-c3ccccc32)CCCCNC1=O. The lowest BCUT2D eigenvalue weighted by atomic mass is 9.95. The molecule has 27 nitrogen and oxygen atoms in total. The number of halogens is 1. The maximum absolute atomic E-state index is 13.0. The van der Waals surface area contributed by atoms with Crippen molar-refractivity contribution in [2.45, 2.75) is 237 Å². The number of benzene rings is 6. The highest BCUT2D eigenvalue weighted by atomic mass is 35.5. The fraction of sp³-hybridized carbons (Fsp3) is 0.479. The summed E-state index contributed by atoms with van der Waals surface area (Å²) in [6.07, 6.45) is 13.9. The molecule has 10 N–H and O–H groups in total. The van der Waals surface area contributed by atoms with Gasteiger partial charge < -0.3 is 67.1 Å². The summed E-state index contributed by atoms with van der Waals surface area (Å²) in [5.41, 5.74) is 18.9. The fourth-order valence-electron chi connectivity index (χ4n) is 15.9. The van der Waals surface area contributed by atoms with E-state index in [0.29, 0.717) is 102 Å². The first-order chi connectivity index (χ1) is 59.0. The lowest BCUT2D eigenvalue weighted by Crippen LogP contribution is -2.54. The Balaban J connectivity index is 0.000000191. The number of fused-ring (bicyclic) bond motifs is 9. The zero-order valence-corrected chi connectivity index (χ0v) is 71.4. The number of carbonyl (C=O) groups excluding carboxylic acids is 11. The van der Waals surface area contributed by atoms with E-state index in [4.69, 9.17) is 36.4 Å². The van der Waals surface area contributed by atoms with Crippen LogP contribution in [0.3, 0.4) is 0 Å². The Labute approximate surface area is 719 Å². The van der Waals surface area contributed by atoms with Gasteiger partial charge in [-0.15, -0.1) is 5.06 Å². The van der Waals surface area contributed by atoms with Crippen molar-refractivity contribution in [2.24, 2.45) is 22.6 Å². The number of unbranched alkanes of at least 4 members (excludes halogenated alkanes) is 5. The van der Waals surface area contributed by atoms with Crippen molar-refractivity contribution in [2.75, 3.05) is 39.5 Å². The van der Waals surface area contributed by atoms with Crippen molar-refractivity contribution < 1.29 is 81.7 Å². The van der Waals surface area contributed by atoms with Gasteiger partial charge >= 0.3 is 30.2 Å². The molecule has 28 heteroatoms. The number of aliphatic imine (C=N–C) groups is 1. The van der Waals surface area contributed by atoms with E-state index in [1.54, 1.807) is 6.92 Å². The molecule has 122 heavy (non-hydrogen) atoms. The Kier molecular flexibility index (Phi) is 37.8. The van der Waals surface area contributed by atoms with E-state index in [2.05, 4.69) is 97.7 Å². The molecule has 6 aromatic rings. The minimum Gasteiger partial charge on any atom is -0.480 e. The number of Topliss-reactive ketones (excluding diaryl/α,β-unsaturated/α-hetero) is 1. The molecule has 6 aliphatic rings. The molecule has 12 rings (SSSR count). The predicted molar refractivity (Wildman–Crippen MR) is 465 cm³/mol. The number of carbonyl (C=O) groups is 12. The fourth-order valence-corrected chi connectivity index (χ4v) is 16.0. The van der Waals surface area contributed by atoms with Gasteiger partial charge in [0.2, 0.25) is 23.6 Å². The van der Waals surface area contributed by atoms with Gasteiger partial charge in [-0.25, -0.2) is 24.0 Å². The van der Waals surface area contributed by atoms with Gasteiger partial charge in [-0.3, -0.25) is 38.6 Å². The van der Waals surface area contributed by atoms with Crippen LogP contribution in [-0.4, -0.2) is 157 Å². The van der Waals surface area contributed by atoms with E-state index >= 15 is 0 Å². The Hall–Kier alpha value is -11.5. The number of amidine groups is 1. The van der Waals surface area contributed by atoms with Crippen molar-refractivity contribution in [3.8, 4) is 33.4 Å². The number of rotatable bonds is 32. The highest BCUT2D eigenvalue weighted by molar-refractivity contribution is 6.64. The molecule has 0 saturated carbocycles. The molecular formula is C94H119ClN10O17. The number of carboxylic acid groups (broad SMARTS) is 1. The van der Waals surface area contributed by atoms with Gasteiger partial charge in [-0.1, -0.05) is 232 Å². The minimum atomic E-state index is -1.08. The summed E-state index contributed by atoms with van der Waals surface area (Å²) in [4.78, 5) is 155. The largest absolute Gasteiger partial charge is 0.480 e. The van der Waals surface area contributed by atoms with Crippen molar-refractivity contribution in [1.82, 2.24) is 42.3 Å². The Morgan fingerprint density at radius 2 is 0.861 bits per heavy atom. The quantitative estimate of drug-likeness (QED) is 0.00473. The van der Waals surface area contributed by atoms with Crippen molar-refractivity contribution in [3.05, 3.63) is 179 Å². The van der Waals surface area contributed by atoms with Crippen LogP contribution in [0, 0.1) is 11.8 Å². The van der Waals surface area contributed by atoms with E-state index in [1.807, 2.05) is 118 Å². The van der Waals surface area contributed by atoms with Gasteiger partial charge in [0.05, 0.1) is 5.92 Å². The molecule has 0 bridgehead atoms. The first kappa shape index (κ1) is 94.4. The Morgan fingerprint density at radius 1 is 0.484 bits per heavy atom. The number of amides is 9. The highest BCUT2D eigenvalue weighted by Gasteiger charge is 2.37. The molecule has 3 fully saturated rings. The standard InChI is InChI=1S/C29H37NO5.C27H32ClN5O4.C27H33N3O4.C11H17NO4/c1-3-4-12-20(2)27(31)18-7-5-6-17-26(28(32)33)30-29(34)35-19-25-23-15-10-8-13-21(23)22-14-9-11-16-24(22)25;28-26(29)31-15-7-13-22-24(34)30-14-6-5-12-23(25(35)32-22)33-27(36)37-16-21-19-10-3-1-8-17(19)18-9-2-4-11-20(18)21;1-2-3-14-23-25(31)28-16-9-8-15-24(26(32)29-23)30-27(33)34-17-22-20-12-6-4-10-18(20)19-11-5-7-13-21(19)22;1-3-4-5-8(2)11(15)16-12-9(13)6-7-10(12)14/h8-11,13-16,20,25-26H,3-7,12,17-19H2,1-2H3,(H,30,34)(H,32,33);1-4,8-11,21-23H,5-7,12-16H2,(H2,29,31)(H,30,34)(H,32,35)(H,33,36);4-7,10-13,22-24H,2-3,8-9,14-17H2,1H3,(H,28,31)(H,29,32)(H,30,33);8H,3-7H2,1-2H3/t20-,26?;;;8-/m0..0/s1. The molecule has 7 atom stereocenters. The maximum Gasteiger partial charge on any atom is 0.407 e. The lowest BCUT2D eigenvalue weighted by molar-refractivity contribution is -0.200. The summed E-state index contributed by atoms with van der Waals surface area (Å²) in [7, 11) is 0. The van der Waals surface area contributed by atoms with Gasteiger partial charge in [-0.05, 0) is 162 Å². The average molecular weight is 1700 g/mol. The molecule has 0 aromatic heterocycles. The minimum absolute atomic E-state index is 0.0434. The van der Waals surface area contributed by atoms with Crippen LogP contribution in [0.1, 0.15) is 240 Å². The zero-order chi connectivity index (χ0) is 87.5. The smallest absolute Gasteiger partial charge is 0.407 e. The highest BCUT2D eigenvalue weighted by Crippen LogP contribution is 2.47. The summed E-state index contributed by atoms with van der Waals surface area (Å²) in [5, 5.41) is 29.4. The molecule has 654 valence electrons. The van der Waals surface area contributed by atoms with Crippen molar-refractivity contribution in [3.63, 3.8) is 0 Å². The number of aliphatic carboxylic acids is 1. The molecule has 3 heterocycles. The molecule has 3 aliphatic heterocycles. The first-order valence-corrected chi connectivity index (χ1v) is 43.7. The van der Waals surface area contributed by atoms with Crippen molar-refractivity contribution >= 4 is 88.3 Å². The van der Waals surface area contributed by atoms with E-state index in [9.17, 15) is 62.6 Å². The van der Waals surface area contributed by atoms with Crippen LogP contribution >= 0.6 is 11.6 Å². The lowest BCUT2D eigenvalue weighted by Gasteiger charge is -2.25. The second kappa shape index (κ2) is 48.8. The summed E-state index contributed by atoms with van der Waals surface area (Å²) >= 11 is 5.55. The third-order valence-electron chi connectivity index (χ3n) is 22.8. The molecule has 6 aromatic carbocycles. The van der Waals surface area contributed by atoms with Crippen LogP contribution < -0.4 is 43.0 Å². The average Bonchev–Trinajstić information content (AvgIpc) is 1.63. The molecule has 0 radical (unpaired) electrons. The van der Waals surface area contributed by atoms with Gasteiger partial charge in [-0.2, -0.15) is 0 Å². The molecule has 3 aliphatic carbocycles. The second-order valence-electron chi connectivity index (χ2n) is 31.7. The number of nitrogens with one attached hydrogen (secondary N) is 7. The number of nitrogens with two attached hydrogens (primary N) is 1. The number of ketones is 1. The topological polar surface area (TPSA) is 388 Å². The molecule has 3 saturated heterocycles. The van der Waals surface area contributed by atoms with Crippen LogP contribution in [-0.2, 0) is 62.2 Å². The molecule has 9 amide bonds. The van der Waals surface area contributed by atoms with Crippen LogP contribution in [0.5, 0.6) is 0 Å². The van der Waals surface area contributed by atoms with Gasteiger partial charge in [0.25, 0.3) is 11.8 Å². The number of ether oxygens (including phenoxy) is 3. The molecule has 0 spiro atoms. The predicted octanol–water partition coefficient (Wildman–Crippen LogP) is 14.6. The number of hydroxylamine groups is 2. The Bertz CT molecular complexity index is 4460. The number of carboxylic acids is 1. The Morgan fingerprint density at radius 3 is 1.25 bits per heavy atom. The summed E-state index contributed by atoms with van der Waals surface area (Å²) in [5.74, 6) is -3.73. The summed E-state index contributed by atoms with van der Waals surface area (Å²) in [6.45, 7) is 11.8. The van der Waals surface area contributed by atoms with Crippen LogP contribution in [0.15, 0.2) is 151 Å². The van der Waals surface area contributed by atoms with Gasteiger partial charge in [0.15, 0.2) is 5.29 Å². The maximum atomic E-state index is 13.0. The third kappa shape index (κ3) is 27.5. The third-order valence-corrected chi connectivity index (χ3v) is 23.0. The van der Waals surface area contributed by atoms with Crippen LogP contribution in [0.25, 0.3) is 33.4 Å². The number of alkyl carbamates (subject to hydrolysis) is 3. The van der Waals surface area contributed by atoms with Crippen LogP contribution in [0.2, 0.25) is 0 Å². The van der Waals surface area contributed by atoms with Gasteiger partial charge in [0.1, 0.15) is 55.8 Å². The summed E-state index contributed by atoms with van der Waals surface area (Å²) in [6, 6.07) is 44.8. The normalized spacial score (nSPS) is 18.2. The van der Waals surface area contributed by atoms with Crippen molar-refractivity contribution in [1.29, 1.82) is 0 Å². The first-order valence-electron chi connectivity index (χ1n) is 43.3. The van der Waals surface area contributed by atoms with E-state index in [1.165, 1.54) is 0 Å². The second-order valence-corrected chi connectivity index (χ2v) is 32.1. The number of hydrogen-bond donors (Lipinski definition) is 9. The van der Waals surface area contributed by atoms with E-state index < -0.39 is 78.1 Å². The van der Waals surface area contributed by atoms with E-state index in [-0.39, 0.29) is 91.1 Å². The molecule has 5 unspecified atom stereocenters. The van der Waals surface area contributed by atoms with Crippen LogP contribution in [0.4, 0.5) is 14.4 Å². The zero-order valence-electron chi connectivity index (χ0n) is 70.7. The number of nitrogens with zero attached hydrogens (tertiary/aromatic N) is 2. The summed E-state index contributed by atoms with van der Waals surface area (Å²) < 4.78 is 16.7. The monoisotopic (exact) mass is 1690 g/mol. The number of hydrogen-bond acceptors (Lipinski definition) is 17. The van der Waals surface area contributed by atoms with Gasteiger partial charge in [0, 0.05) is 62.6 Å². The number of imide groups is 1. The van der Waals surface area contributed by atoms with E-state index in [0.717, 1.165) is 131 Å². The molecular weight excluding hydrogens is 1580 g/mol.